The van der Waals surface area contributed by atoms with Crippen LogP contribution in [-0.4, -0.2) is 49.0 Å². The van der Waals surface area contributed by atoms with Crippen molar-refractivity contribution in [1.29, 1.82) is 0 Å². The number of benzene rings is 2. The molecule has 0 fully saturated rings. The molecule has 33 heavy (non-hydrogen) atoms. The molecular formula is C24H23N3O6. The van der Waals surface area contributed by atoms with Gasteiger partial charge in [-0.1, -0.05) is 35.9 Å². The molecule has 0 bridgehead atoms. The lowest BCUT2D eigenvalue weighted by Crippen LogP contribution is -2.49. The lowest BCUT2D eigenvalue weighted by molar-refractivity contribution is -0.136. The van der Waals surface area contributed by atoms with Crippen LogP contribution in [-0.2, 0) is 19.1 Å². The quantitative estimate of drug-likeness (QED) is 0.679. The summed E-state index contributed by atoms with van der Waals surface area (Å²) < 4.78 is 9.97. The molecule has 1 atom stereocenters. The SMILES string of the molecule is COC(=O)c1ccccc1NC(=O)CN1C(=O)N[C@H](c2cc(C)ccc2C)C2=C1COC2=O. The Balaban J connectivity index is 1.62. The molecule has 2 N–H and O–H groups in total. The van der Waals surface area contributed by atoms with E-state index in [4.69, 9.17) is 9.47 Å². The number of para-hydroxylation sites is 1. The van der Waals surface area contributed by atoms with Crippen LogP contribution in [0.5, 0.6) is 0 Å². The second-order valence-electron chi connectivity index (χ2n) is 7.85. The molecule has 0 spiro atoms. The van der Waals surface area contributed by atoms with Gasteiger partial charge in [0, 0.05) is 0 Å². The predicted octanol–water partition coefficient (Wildman–Crippen LogP) is 2.61. The Kier molecular flexibility index (Phi) is 5.87. The lowest BCUT2D eigenvalue weighted by Gasteiger charge is -2.33. The van der Waals surface area contributed by atoms with Gasteiger partial charge < -0.3 is 20.1 Å². The maximum atomic E-state index is 13.0. The molecule has 3 amide bonds. The third-order valence-corrected chi connectivity index (χ3v) is 5.65. The number of nitrogens with zero attached hydrogens (tertiary/aromatic N) is 1. The molecule has 2 aromatic carbocycles. The van der Waals surface area contributed by atoms with E-state index in [0.29, 0.717) is 11.3 Å². The van der Waals surface area contributed by atoms with Crippen molar-refractivity contribution in [3.8, 4) is 0 Å². The summed E-state index contributed by atoms with van der Waals surface area (Å²) in [5, 5.41) is 5.47. The topological polar surface area (TPSA) is 114 Å². The van der Waals surface area contributed by atoms with Crippen molar-refractivity contribution in [3.05, 3.63) is 76.0 Å². The molecule has 0 aromatic heterocycles. The highest BCUT2D eigenvalue weighted by atomic mass is 16.5. The normalized spacial score (nSPS) is 17.3. The number of nitrogens with one attached hydrogen (secondary N) is 2. The number of amides is 3. The van der Waals surface area contributed by atoms with E-state index < -0.39 is 29.9 Å². The van der Waals surface area contributed by atoms with E-state index in [1.54, 1.807) is 18.2 Å². The first-order valence-corrected chi connectivity index (χ1v) is 10.3. The van der Waals surface area contributed by atoms with Gasteiger partial charge in [-0.15, -0.1) is 0 Å². The van der Waals surface area contributed by atoms with Crippen molar-refractivity contribution in [1.82, 2.24) is 10.2 Å². The summed E-state index contributed by atoms with van der Waals surface area (Å²) in [4.78, 5) is 51.5. The van der Waals surface area contributed by atoms with Gasteiger partial charge in [0.05, 0.1) is 35.7 Å². The Morgan fingerprint density at radius 1 is 1.18 bits per heavy atom. The molecule has 0 saturated carbocycles. The first kappa shape index (κ1) is 22.1. The first-order chi connectivity index (χ1) is 15.8. The Bertz CT molecular complexity index is 1200. The molecule has 2 aromatic rings. The molecule has 0 radical (unpaired) electrons. The number of hydrogen-bond donors (Lipinski definition) is 2. The Morgan fingerprint density at radius 2 is 1.94 bits per heavy atom. The molecule has 2 aliphatic heterocycles. The average Bonchev–Trinajstić information content (AvgIpc) is 3.18. The van der Waals surface area contributed by atoms with Gasteiger partial charge in [0.1, 0.15) is 13.2 Å². The van der Waals surface area contributed by atoms with Crippen LogP contribution in [0, 0.1) is 13.8 Å². The number of cyclic esters (lactones) is 1. The molecule has 9 heteroatoms. The zero-order chi connectivity index (χ0) is 23.7. The van der Waals surface area contributed by atoms with Crippen LogP contribution >= 0.6 is 0 Å². The largest absolute Gasteiger partial charge is 0.465 e. The zero-order valence-electron chi connectivity index (χ0n) is 18.4. The number of aryl methyl sites for hydroxylation is 2. The smallest absolute Gasteiger partial charge is 0.339 e. The third kappa shape index (κ3) is 4.17. The number of esters is 2. The van der Waals surface area contributed by atoms with Crippen molar-refractivity contribution in [2.45, 2.75) is 19.9 Å². The molecule has 0 aliphatic carbocycles. The van der Waals surface area contributed by atoms with E-state index in [2.05, 4.69) is 10.6 Å². The second kappa shape index (κ2) is 8.78. The van der Waals surface area contributed by atoms with E-state index in [1.807, 2.05) is 32.0 Å². The molecule has 4 rings (SSSR count). The summed E-state index contributed by atoms with van der Waals surface area (Å²) >= 11 is 0. The Hall–Kier alpha value is -4.14. The highest BCUT2D eigenvalue weighted by molar-refractivity contribution is 6.03. The van der Waals surface area contributed by atoms with E-state index in [0.717, 1.165) is 16.7 Å². The van der Waals surface area contributed by atoms with Crippen LogP contribution < -0.4 is 10.6 Å². The predicted molar refractivity (Wildman–Crippen MR) is 118 cm³/mol. The molecule has 0 unspecified atom stereocenters. The molecule has 2 aliphatic rings. The highest BCUT2D eigenvalue weighted by Crippen LogP contribution is 2.36. The maximum Gasteiger partial charge on any atom is 0.339 e. The van der Waals surface area contributed by atoms with E-state index in [1.165, 1.54) is 18.1 Å². The molecule has 2 heterocycles. The fraction of sp³-hybridized carbons (Fsp3) is 0.250. The first-order valence-electron chi connectivity index (χ1n) is 10.3. The minimum absolute atomic E-state index is 0.102. The van der Waals surface area contributed by atoms with E-state index in [-0.39, 0.29) is 24.4 Å². The van der Waals surface area contributed by atoms with Gasteiger partial charge in [-0.05, 0) is 37.1 Å². The molecule has 0 saturated heterocycles. The number of ether oxygens (including phenoxy) is 2. The van der Waals surface area contributed by atoms with Crippen LogP contribution in [0.3, 0.4) is 0 Å². The van der Waals surface area contributed by atoms with Crippen molar-refractivity contribution in [2.24, 2.45) is 0 Å². The van der Waals surface area contributed by atoms with Gasteiger partial charge in [-0.25, -0.2) is 14.4 Å². The fourth-order valence-corrected chi connectivity index (χ4v) is 4.00. The van der Waals surface area contributed by atoms with Crippen molar-refractivity contribution >= 4 is 29.6 Å². The van der Waals surface area contributed by atoms with Crippen molar-refractivity contribution < 1.29 is 28.7 Å². The van der Waals surface area contributed by atoms with E-state index in [9.17, 15) is 19.2 Å². The van der Waals surface area contributed by atoms with Gasteiger partial charge >= 0.3 is 18.0 Å². The Labute approximate surface area is 190 Å². The Morgan fingerprint density at radius 3 is 2.70 bits per heavy atom. The molecule has 170 valence electrons. The van der Waals surface area contributed by atoms with Crippen molar-refractivity contribution in [3.63, 3.8) is 0 Å². The lowest BCUT2D eigenvalue weighted by atomic mass is 9.91. The molecular weight excluding hydrogens is 426 g/mol. The van der Waals surface area contributed by atoms with E-state index >= 15 is 0 Å². The van der Waals surface area contributed by atoms with Crippen molar-refractivity contribution in [2.75, 3.05) is 25.6 Å². The monoisotopic (exact) mass is 449 g/mol. The van der Waals surface area contributed by atoms with Gasteiger partial charge in [-0.2, -0.15) is 0 Å². The zero-order valence-corrected chi connectivity index (χ0v) is 18.4. The second-order valence-corrected chi connectivity index (χ2v) is 7.85. The van der Waals surface area contributed by atoms with Crippen LogP contribution in [0.25, 0.3) is 0 Å². The minimum Gasteiger partial charge on any atom is -0.465 e. The maximum absolute atomic E-state index is 13.0. The fourth-order valence-electron chi connectivity index (χ4n) is 4.00. The average molecular weight is 449 g/mol. The van der Waals surface area contributed by atoms with Gasteiger partial charge in [0.2, 0.25) is 5.91 Å². The van der Waals surface area contributed by atoms with Gasteiger partial charge in [-0.3, -0.25) is 9.69 Å². The minimum atomic E-state index is -0.665. The number of hydrogen-bond acceptors (Lipinski definition) is 6. The summed E-state index contributed by atoms with van der Waals surface area (Å²) in [6.45, 7) is 3.37. The molecule has 9 nitrogen and oxygen atoms in total. The summed E-state index contributed by atoms with van der Waals surface area (Å²) in [6, 6.07) is 11.0. The van der Waals surface area contributed by atoms with Gasteiger partial charge in [0.15, 0.2) is 0 Å². The number of anilines is 1. The van der Waals surface area contributed by atoms with Crippen LogP contribution in [0.15, 0.2) is 53.7 Å². The number of carbonyl (C=O) groups excluding carboxylic acids is 4. The summed E-state index contributed by atoms with van der Waals surface area (Å²) in [7, 11) is 1.25. The standard InChI is InChI=1S/C24H23N3O6/c1-13-8-9-14(2)16(10-13)21-20-18(12-33-23(20)30)27(24(31)26-21)11-19(28)25-17-7-5-4-6-15(17)22(29)32-3/h4-10,21H,11-12H2,1-3H3,(H,25,28)(H,26,31)/t21-/m1/s1. The number of carbonyl (C=O) groups is 4. The number of urea groups is 1. The summed E-state index contributed by atoms with van der Waals surface area (Å²) in [5.74, 6) is -1.67. The summed E-state index contributed by atoms with van der Waals surface area (Å²) in [5.41, 5.74) is 3.81. The van der Waals surface area contributed by atoms with Crippen LogP contribution in [0.1, 0.15) is 33.1 Å². The number of methoxy groups -OCH3 is 1. The summed E-state index contributed by atoms with van der Waals surface area (Å²) in [6.07, 6.45) is 0. The van der Waals surface area contributed by atoms with Crippen LogP contribution in [0.4, 0.5) is 10.5 Å². The number of rotatable bonds is 5. The highest BCUT2D eigenvalue weighted by Gasteiger charge is 2.43. The van der Waals surface area contributed by atoms with Crippen LogP contribution in [0.2, 0.25) is 0 Å². The van der Waals surface area contributed by atoms with Gasteiger partial charge in [0.25, 0.3) is 0 Å². The third-order valence-electron chi connectivity index (χ3n) is 5.65.